The molecule has 2 N–H and O–H groups in total. The molecule has 0 radical (unpaired) electrons. The number of halogens is 2. The molecule has 0 unspecified atom stereocenters. The van der Waals surface area contributed by atoms with Gasteiger partial charge in [-0.25, -0.2) is 23.5 Å². The van der Waals surface area contributed by atoms with Gasteiger partial charge in [0, 0.05) is 32.0 Å². The number of carbonyl (C=O) groups excluding carboxylic acids is 1. The second-order valence-electron chi connectivity index (χ2n) is 8.29. The Balaban J connectivity index is 1.71. The standard InChI is InChI=1S/C27H26F2N6O/c1-18(19-9-5-4-6-10-19)31-26-30-16-15-24(32-26)35(21-12-7-11-20(17-21)34(2)3)27(36)33-25-22(28)13-8-14-23(25)29/h4-18H,1-3H3,(H,33,36)(H,30,31,32)/t18-/m0/s1. The van der Waals surface area contributed by atoms with E-state index < -0.39 is 23.4 Å². The maximum absolute atomic E-state index is 14.3. The monoisotopic (exact) mass is 488 g/mol. The zero-order valence-corrected chi connectivity index (χ0v) is 20.1. The molecule has 0 saturated heterocycles. The topological polar surface area (TPSA) is 73.4 Å². The van der Waals surface area contributed by atoms with Crippen LogP contribution in [0.2, 0.25) is 0 Å². The Bertz CT molecular complexity index is 1330. The smallest absolute Gasteiger partial charge is 0.332 e. The summed E-state index contributed by atoms with van der Waals surface area (Å²) >= 11 is 0. The predicted molar refractivity (Wildman–Crippen MR) is 139 cm³/mol. The van der Waals surface area contributed by atoms with E-state index in [1.165, 1.54) is 17.2 Å². The molecule has 0 aliphatic heterocycles. The van der Waals surface area contributed by atoms with Crippen LogP contribution >= 0.6 is 0 Å². The van der Waals surface area contributed by atoms with Gasteiger partial charge < -0.3 is 15.5 Å². The Morgan fingerprint density at radius 3 is 2.25 bits per heavy atom. The first-order valence-corrected chi connectivity index (χ1v) is 11.3. The first-order chi connectivity index (χ1) is 17.3. The van der Waals surface area contributed by atoms with E-state index in [0.29, 0.717) is 11.6 Å². The maximum Gasteiger partial charge on any atom is 0.332 e. The molecule has 2 amide bonds. The number of rotatable bonds is 7. The van der Waals surface area contributed by atoms with Crippen LogP contribution in [-0.4, -0.2) is 30.1 Å². The molecule has 0 bridgehead atoms. The number of carbonyl (C=O) groups is 1. The van der Waals surface area contributed by atoms with Gasteiger partial charge in [0.15, 0.2) is 0 Å². The highest BCUT2D eigenvalue weighted by Gasteiger charge is 2.23. The van der Waals surface area contributed by atoms with Gasteiger partial charge in [0.1, 0.15) is 23.1 Å². The molecule has 3 aromatic carbocycles. The van der Waals surface area contributed by atoms with Crippen LogP contribution in [0.15, 0.2) is 85.1 Å². The highest BCUT2D eigenvalue weighted by Crippen LogP contribution is 2.30. The second kappa shape index (κ2) is 10.8. The van der Waals surface area contributed by atoms with Crippen LogP contribution in [0.5, 0.6) is 0 Å². The van der Waals surface area contributed by atoms with Gasteiger partial charge in [-0.05, 0) is 42.8 Å². The molecule has 0 aliphatic rings. The summed E-state index contributed by atoms with van der Waals surface area (Å²) < 4.78 is 28.6. The lowest BCUT2D eigenvalue weighted by Crippen LogP contribution is -2.32. The third kappa shape index (κ3) is 5.57. The number of benzene rings is 3. The molecular weight excluding hydrogens is 462 g/mol. The van der Waals surface area contributed by atoms with E-state index in [9.17, 15) is 13.6 Å². The normalized spacial score (nSPS) is 11.5. The molecule has 4 rings (SSSR count). The zero-order valence-electron chi connectivity index (χ0n) is 20.1. The van der Waals surface area contributed by atoms with Crippen molar-refractivity contribution in [3.8, 4) is 0 Å². The van der Waals surface area contributed by atoms with Crippen molar-refractivity contribution >= 4 is 34.9 Å². The van der Waals surface area contributed by atoms with Crippen molar-refractivity contribution in [1.29, 1.82) is 0 Å². The summed E-state index contributed by atoms with van der Waals surface area (Å²) in [6.45, 7) is 1.97. The van der Waals surface area contributed by atoms with E-state index >= 15 is 0 Å². The van der Waals surface area contributed by atoms with Gasteiger partial charge >= 0.3 is 6.03 Å². The predicted octanol–water partition coefficient (Wildman–Crippen LogP) is 6.36. The summed E-state index contributed by atoms with van der Waals surface area (Å²) in [6.07, 6.45) is 1.52. The Morgan fingerprint density at radius 2 is 1.56 bits per heavy atom. The van der Waals surface area contributed by atoms with Gasteiger partial charge in [0.05, 0.1) is 11.7 Å². The molecule has 1 aromatic heterocycles. The van der Waals surface area contributed by atoms with Crippen molar-refractivity contribution in [3.05, 3.63) is 102 Å². The van der Waals surface area contributed by atoms with E-state index in [1.54, 1.807) is 24.3 Å². The lowest BCUT2D eigenvalue weighted by atomic mass is 10.1. The fourth-order valence-electron chi connectivity index (χ4n) is 3.61. The third-order valence-electron chi connectivity index (χ3n) is 5.52. The summed E-state index contributed by atoms with van der Waals surface area (Å²) in [5, 5.41) is 5.59. The summed E-state index contributed by atoms with van der Waals surface area (Å²) in [5.41, 5.74) is 1.78. The van der Waals surface area contributed by atoms with Crippen molar-refractivity contribution in [2.45, 2.75) is 13.0 Å². The van der Waals surface area contributed by atoms with E-state index in [-0.39, 0.29) is 11.9 Å². The third-order valence-corrected chi connectivity index (χ3v) is 5.52. The fourth-order valence-corrected chi connectivity index (χ4v) is 3.61. The van der Waals surface area contributed by atoms with Crippen molar-refractivity contribution in [2.24, 2.45) is 0 Å². The molecule has 0 fully saturated rings. The molecule has 1 atom stereocenters. The Morgan fingerprint density at radius 1 is 0.889 bits per heavy atom. The highest BCUT2D eigenvalue weighted by molar-refractivity contribution is 6.06. The van der Waals surface area contributed by atoms with Crippen LogP contribution in [0.3, 0.4) is 0 Å². The number of hydrogen-bond donors (Lipinski definition) is 2. The minimum Gasteiger partial charge on any atom is -0.378 e. The van der Waals surface area contributed by atoms with Gasteiger partial charge in [-0.2, -0.15) is 4.98 Å². The lowest BCUT2D eigenvalue weighted by molar-refractivity contribution is 0.258. The number of hydrogen-bond acceptors (Lipinski definition) is 5. The average molecular weight is 489 g/mol. The van der Waals surface area contributed by atoms with Crippen LogP contribution in [0.25, 0.3) is 0 Å². The minimum absolute atomic E-state index is 0.103. The van der Waals surface area contributed by atoms with E-state index in [4.69, 9.17) is 0 Å². The number of anilines is 5. The van der Waals surface area contributed by atoms with Crippen LogP contribution in [0.4, 0.5) is 42.4 Å². The van der Waals surface area contributed by atoms with Crippen LogP contribution < -0.4 is 20.4 Å². The molecular formula is C27H26F2N6O. The molecule has 9 heteroatoms. The summed E-state index contributed by atoms with van der Waals surface area (Å²) in [7, 11) is 3.74. The number of aromatic nitrogens is 2. The SMILES string of the molecule is C[C@H](Nc1nccc(N(C(=O)Nc2c(F)cccc2F)c2cccc(N(C)C)c2)n1)c1ccccc1. The molecule has 4 aromatic rings. The summed E-state index contributed by atoms with van der Waals surface area (Å²) in [4.78, 5) is 25.4. The number of nitrogens with zero attached hydrogens (tertiary/aromatic N) is 4. The fraction of sp³-hybridized carbons (Fsp3) is 0.148. The van der Waals surface area contributed by atoms with Crippen molar-refractivity contribution < 1.29 is 13.6 Å². The van der Waals surface area contributed by atoms with E-state index in [0.717, 1.165) is 23.4 Å². The molecule has 7 nitrogen and oxygen atoms in total. The van der Waals surface area contributed by atoms with Gasteiger partial charge in [0.25, 0.3) is 0 Å². The van der Waals surface area contributed by atoms with Gasteiger partial charge in [-0.15, -0.1) is 0 Å². The van der Waals surface area contributed by atoms with Crippen LogP contribution in [0, 0.1) is 11.6 Å². The summed E-state index contributed by atoms with van der Waals surface area (Å²) in [5.74, 6) is -1.25. The number of urea groups is 1. The zero-order chi connectivity index (χ0) is 25.7. The highest BCUT2D eigenvalue weighted by atomic mass is 19.1. The minimum atomic E-state index is -0.882. The first-order valence-electron chi connectivity index (χ1n) is 11.3. The second-order valence-corrected chi connectivity index (χ2v) is 8.29. The van der Waals surface area contributed by atoms with Gasteiger partial charge in [-0.1, -0.05) is 42.5 Å². The molecule has 0 spiro atoms. The van der Waals surface area contributed by atoms with Crippen molar-refractivity contribution in [1.82, 2.24) is 9.97 Å². The average Bonchev–Trinajstić information content (AvgIpc) is 2.87. The quantitative estimate of drug-likeness (QED) is 0.317. The maximum atomic E-state index is 14.3. The van der Waals surface area contributed by atoms with Crippen molar-refractivity contribution in [3.63, 3.8) is 0 Å². The van der Waals surface area contributed by atoms with Gasteiger partial charge in [0.2, 0.25) is 5.95 Å². The Kier molecular flexibility index (Phi) is 7.39. The van der Waals surface area contributed by atoms with Crippen LogP contribution in [0.1, 0.15) is 18.5 Å². The molecule has 1 heterocycles. The van der Waals surface area contributed by atoms with Crippen molar-refractivity contribution in [2.75, 3.05) is 34.5 Å². The van der Waals surface area contributed by atoms with E-state index in [2.05, 4.69) is 20.6 Å². The van der Waals surface area contributed by atoms with E-state index in [1.807, 2.05) is 62.3 Å². The number of amides is 2. The number of nitrogens with one attached hydrogen (secondary N) is 2. The van der Waals surface area contributed by atoms with Gasteiger partial charge in [-0.3, -0.25) is 0 Å². The Hall–Kier alpha value is -4.53. The lowest BCUT2D eigenvalue weighted by Gasteiger charge is -2.25. The largest absolute Gasteiger partial charge is 0.378 e. The number of para-hydroxylation sites is 1. The summed E-state index contributed by atoms with van der Waals surface area (Å²) in [6, 6.07) is 21.0. The molecule has 184 valence electrons. The molecule has 36 heavy (non-hydrogen) atoms. The molecule has 0 saturated carbocycles. The first kappa shape index (κ1) is 24.6. The Labute approximate surface area is 208 Å². The van der Waals surface area contributed by atoms with Crippen LogP contribution in [-0.2, 0) is 0 Å². The molecule has 0 aliphatic carbocycles.